The number of hydrogen-bond acceptors (Lipinski definition) is 4. The molecule has 1 aliphatic heterocycles. The van der Waals surface area contributed by atoms with E-state index >= 15 is 0 Å². The van der Waals surface area contributed by atoms with Crippen LogP contribution in [0.15, 0.2) is 24.4 Å². The highest BCUT2D eigenvalue weighted by Crippen LogP contribution is 2.05. The largest absolute Gasteiger partial charge is 0.348 e. The van der Waals surface area contributed by atoms with Crippen LogP contribution in [0.2, 0.25) is 0 Å². The van der Waals surface area contributed by atoms with Crippen molar-refractivity contribution in [1.82, 2.24) is 25.2 Å². The first-order chi connectivity index (χ1) is 8.34. The molecule has 0 unspecified atom stereocenters. The van der Waals surface area contributed by atoms with E-state index in [1.165, 1.54) is 0 Å². The predicted molar refractivity (Wildman–Crippen MR) is 68.4 cm³/mol. The lowest BCUT2D eigenvalue weighted by molar-refractivity contribution is -0.126. The molecule has 6 nitrogen and oxygen atoms in total. The van der Waals surface area contributed by atoms with Crippen molar-refractivity contribution in [2.45, 2.75) is 6.54 Å². The fraction of sp³-hybridized carbons (Fsp3) is 0.364. The summed E-state index contributed by atoms with van der Waals surface area (Å²) in [5, 5.41) is 14.0. The molecule has 18 heavy (non-hydrogen) atoms. The van der Waals surface area contributed by atoms with Crippen LogP contribution >= 0.6 is 12.4 Å². The first-order valence-electron chi connectivity index (χ1n) is 5.61. The number of carbonyl (C=O) groups is 1. The number of hydrogen-bond donors (Lipinski definition) is 2. The molecule has 2 N–H and O–H groups in total. The average molecular weight is 268 g/mol. The molecule has 0 aromatic carbocycles. The van der Waals surface area contributed by atoms with E-state index in [1.807, 2.05) is 28.8 Å². The van der Waals surface area contributed by atoms with E-state index in [-0.39, 0.29) is 24.2 Å². The zero-order valence-corrected chi connectivity index (χ0v) is 10.5. The summed E-state index contributed by atoms with van der Waals surface area (Å²) in [6, 6.07) is 5.71. The van der Waals surface area contributed by atoms with Gasteiger partial charge in [-0.15, -0.1) is 22.6 Å². The van der Waals surface area contributed by atoms with E-state index in [1.54, 1.807) is 0 Å². The summed E-state index contributed by atoms with van der Waals surface area (Å²) in [4.78, 5) is 11.6. The maximum Gasteiger partial charge on any atom is 0.226 e. The first kappa shape index (κ1) is 12.8. The number of nitrogens with one attached hydrogen (secondary N) is 2. The summed E-state index contributed by atoms with van der Waals surface area (Å²) in [7, 11) is 0. The molecule has 3 rings (SSSR count). The van der Waals surface area contributed by atoms with E-state index in [4.69, 9.17) is 0 Å². The van der Waals surface area contributed by atoms with Crippen molar-refractivity contribution in [3.63, 3.8) is 0 Å². The van der Waals surface area contributed by atoms with E-state index < -0.39 is 0 Å². The fourth-order valence-electron chi connectivity index (χ4n) is 1.80. The third-order valence-electron chi connectivity index (χ3n) is 2.96. The predicted octanol–water partition coefficient (Wildman–Crippen LogP) is -0.0133. The Kier molecular flexibility index (Phi) is 3.78. The van der Waals surface area contributed by atoms with Crippen molar-refractivity contribution < 1.29 is 4.79 Å². The third kappa shape index (κ3) is 2.30. The van der Waals surface area contributed by atoms with Crippen LogP contribution in [-0.4, -0.2) is 33.6 Å². The van der Waals surface area contributed by atoms with Crippen LogP contribution in [0.25, 0.3) is 5.65 Å². The molecule has 0 atom stereocenters. The molecule has 0 aliphatic carbocycles. The maximum absolute atomic E-state index is 11.6. The number of pyridine rings is 1. The maximum atomic E-state index is 11.6. The first-order valence-corrected chi connectivity index (χ1v) is 5.61. The Hall–Kier alpha value is -1.66. The number of amides is 1. The van der Waals surface area contributed by atoms with E-state index in [2.05, 4.69) is 20.8 Å². The molecule has 0 saturated carbocycles. The third-order valence-corrected chi connectivity index (χ3v) is 2.96. The van der Waals surface area contributed by atoms with Gasteiger partial charge in [0.2, 0.25) is 5.91 Å². The van der Waals surface area contributed by atoms with Gasteiger partial charge < -0.3 is 10.6 Å². The van der Waals surface area contributed by atoms with Gasteiger partial charge in [-0.1, -0.05) is 6.07 Å². The number of carbonyl (C=O) groups excluding carboxylic acids is 1. The highest BCUT2D eigenvalue weighted by molar-refractivity contribution is 5.85. The van der Waals surface area contributed by atoms with Crippen LogP contribution < -0.4 is 10.6 Å². The lowest BCUT2D eigenvalue weighted by atomic mass is 10.0. The molecule has 1 fully saturated rings. The molecule has 0 spiro atoms. The molecule has 1 saturated heterocycles. The summed E-state index contributed by atoms with van der Waals surface area (Å²) in [5.74, 6) is 0.937. The Morgan fingerprint density at radius 3 is 3.00 bits per heavy atom. The van der Waals surface area contributed by atoms with Gasteiger partial charge in [0, 0.05) is 19.3 Å². The smallest absolute Gasteiger partial charge is 0.226 e. The monoisotopic (exact) mass is 267 g/mol. The molecule has 96 valence electrons. The van der Waals surface area contributed by atoms with Gasteiger partial charge in [-0.3, -0.25) is 9.20 Å². The van der Waals surface area contributed by atoms with Crippen molar-refractivity contribution in [3.8, 4) is 0 Å². The van der Waals surface area contributed by atoms with Crippen LogP contribution in [0.5, 0.6) is 0 Å². The van der Waals surface area contributed by atoms with E-state index in [0.717, 1.165) is 24.6 Å². The topological polar surface area (TPSA) is 71.3 Å². The Morgan fingerprint density at radius 1 is 1.44 bits per heavy atom. The summed E-state index contributed by atoms with van der Waals surface area (Å²) in [5.41, 5.74) is 0.794. The molecule has 2 aromatic rings. The second-order valence-corrected chi connectivity index (χ2v) is 4.12. The summed E-state index contributed by atoms with van der Waals surface area (Å²) < 4.78 is 1.87. The zero-order valence-electron chi connectivity index (χ0n) is 9.67. The normalized spacial score (nSPS) is 14.9. The molecular formula is C11H14ClN5O. The number of nitrogens with zero attached hydrogens (tertiary/aromatic N) is 3. The number of fused-ring (bicyclic) bond motifs is 1. The van der Waals surface area contributed by atoms with Gasteiger partial charge in [-0.2, -0.15) is 0 Å². The van der Waals surface area contributed by atoms with Crippen molar-refractivity contribution in [2.24, 2.45) is 5.92 Å². The van der Waals surface area contributed by atoms with Gasteiger partial charge in [-0.05, 0) is 12.1 Å². The van der Waals surface area contributed by atoms with Gasteiger partial charge in [0.25, 0.3) is 0 Å². The van der Waals surface area contributed by atoms with Crippen LogP contribution in [0.3, 0.4) is 0 Å². The molecule has 0 radical (unpaired) electrons. The highest BCUT2D eigenvalue weighted by atomic mass is 35.5. The SMILES string of the molecule is Cl.O=C(NCc1nnc2ccccn12)C1CNC1. The van der Waals surface area contributed by atoms with Crippen LogP contribution in [0.4, 0.5) is 0 Å². The molecular weight excluding hydrogens is 254 g/mol. The van der Waals surface area contributed by atoms with Gasteiger partial charge >= 0.3 is 0 Å². The van der Waals surface area contributed by atoms with Crippen molar-refractivity contribution >= 4 is 24.0 Å². The van der Waals surface area contributed by atoms with Crippen molar-refractivity contribution in [2.75, 3.05) is 13.1 Å². The zero-order chi connectivity index (χ0) is 11.7. The second kappa shape index (κ2) is 5.32. The van der Waals surface area contributed by atoms with Crippen LogP contribution in [0.1, 0.15) is 5.82 Å². The van der Waals surface area contributed by atoms with E-state index in [0.29, 0.717) is 6.54 Å². The van der Waals surface area contributed by atoms with Crippen LogP contribution in [0, 0.1) is 5.92 Å². The second-order valence-electron chi connectivity index (χ2n) is 4.12. The standard InChI is InChI=1S/C11H13N5O.ClH/c17-11(8-5-12-6-8)13-7-10-15-14-9-3-1-2-4-16(9)10;/h1-4,8,12H,5-7H2,(H,13,17);1H. The summed E-state index contributed by atoms with van der Waals surface area (Å²) in [6.45, 7) is 1.96. The molecule has 7 heteroatoms. The average Bonchev–Trinajstić information content (AvgIpc) is 2.67. The lowest BCUT2D eigenvalue weighted by Crippen LogP contribution is -2.50. The fourth-order valence-corrected chi connectivity index (χ4v) is 1.80. The quantitative estimate of drug-likeness (QED) is 0.820. The van der Waals surface area contributed by atoms with Crippen LogP contribution in [-0.2, 0) is 11.3 Å². The Morgan fingerprint density at radius 2 is 2.28 bits per heavy atom. The number of halogens is 1. The van der Waals surface area contributed by atoms with Crippen molar-refractivity contribution in [1.29, 1.82) is 0 Å². The minimum atomic E-state index is 0. The molecule has 1 aliphatic rings. The Balaban J connectivity index is 0.00000120. The van der Waals surface area contributed by atoms with Gasteiger partial charge in [-0.25, -0.2) is 0 Å². The van der Waals surface area contributed by atoms with Crippen molar-refractivity contribution in [3.05, 3.63) is 30.2 Å². The minimum absolute atomic E-state index is 0. The van der Waals surface area contributed by atoms with Gasteiger partial charge in [0.05, 0.1) is 12.5 Å². The Labute approximate surface area is 110 Å². The molecule has 0 bridgehead atoms. The number of rotatable bonds is 3. The number of aromatic nitrogens is 3. The molecule has 2 aromatic heterocycles. The lowest BCUT2D eigenvalue weighted by Gasteiger charge is -2.25. The van der Waals surface area contributed by atoms with Gasteiger partial charge in [0.1, 0.15) is 0 Å². The Bertz CT molecular complexity index is 551. The highest BCUT2D eigenvalue weighted by Gasteiger charge is 2.24. The molecule has 1 amide bonds. The van der Waals surface area contributed by atoms with E-state index in [9.17, 15) is 4.79 Å². The summed E-state index contributed by atoms with van der Waals surface area (Å²) in [6.07, 6.45) is 1.89. The summed E-state index contributed by atoms with van der Waals surface area (Å²) >= 11 is 0. The molecule has 3 heterocycles. The van der Waals surface area contributed by atoms with Gasteiger partial charge in [0.15, 0.2) is 11.5 Å². The minimum Gasteiger partial charge on any atom is -0.348 e.